The molecule has 1 aliphatic rings. The Bertz CT molecular complexity index is 418. The van der Waals surface area contributed by atoms with Gasteiger partial charge in [-0.1, -0.05) is 37.3 Å². The quantitative estimate of drug-likeness (QED) is 0.877. The molecule has 0 bridgehead atoms. The van der Waals surface area contributed by atoms with Crippen molar-refractivity contribution in [3.8, 4) is 0 Å². The summed E-state index contributed by atoms with van der Waals surface area (Å²) in [4.78, 5) is 0. The average Bonchev–Trinajstić information content (AvgIpc) is 2.53. The van der Waals surface area contributed by atoms with Gasteiger partial charge < -0.3 is 10.1 Å². The van der Waals surface area contributed by atoms with Gasteiger partial charge in [-0.05, 0) is 31.9 Å². The van der Waals surface area contributed by atoms with E-state index in [9.17, 15) is 4.21 Å². The minimum Gasteiger partial charge on any atom is -0.381 e. The lowest BCUT2D eigenvalue weighted by Crippen LogP contribution is -2.38. The second-order valence-electron chi connectivity index (χ2n) is 5.26. The standard InChI is InChI=1S/C16H25NO2S/c1-3-15(20(18)14-9-11-19-12-10-14)16(17-2)13-7-5-4-6-8-13/h4-8,14-17H,3,9-12H2,1-2H3. The van der Waals surface area contributed by atoms with Crippen molar-refractivity contribution < 1.29 is 8.95 Å². The molecule has 1 heterocycles. The maximum absolute atomic E-state index is 12.9. The minimum absolute atomic E-state index is 0.157. The van der Waals surface area contributed by atoms with Gasteiger partial charge >= 0.3 is 0 Å². The molecule has 1 aromatic carbocycles. The van der Waals surface area contributed by atoms with Crippen molar-refractivity contribution in [2.45, 2.75) is 42.7 Å². The summed E-state index contributed by atoms with van der Waals surface area (Å²) in [6.07, 6.45) is 2.77. The van der Waals surface area contributed by atoms with Crippen molar-refractivity contribution in [2.75, 3.05) is 20.3 Å². The number of benzene rings is 1. The van der Waals surface area contributed by atoms with E-state index in [-0.39, 0.29) is 16.5 Å². The fourth-order valence-corrected chi connectivity index (χ4v) is 4.96. The predicted octanol–water partition coefficient (Wildman–Crippen LogP) is 2.65. The van der Waals surface area contributed by atoms with Gasteiger partial charge in [-0.2, -0.15) is 0 Å². The van der Waals surface area contributed by atoms with Crippen LogP contribution < -0.4 is 5.32 Å². The van der Waals surface area contributed by atoms with Crippen molar-refractivity contribution in [3.05, 3.63) is 35.9 Å². The highest BCUT2D eigenvalue weighted by atomic mass is 32.2. The zero-order chi connectivity index (χ0) is 14.4. The first kappa shape index (κ1) is 15.7. The summed E-state index contributed by atoms with van der Waals surface area (Å²) in [5.74, 6) is 0. The SMILES string of the molecule is CCC(C(NC)c1ccccc1)S(=O)C1CCOCC1. The molecular formula is C16H25NO2S. The third kappa shape index (κ3) is 3.68. The van der Waals surface area contributed by atoms with Gasteiger partial charge in [0.1, 0.15) is 0 Å². The van der Waals surface area contributed by atoms with Gasteiger partial charge in [0.05, 0.1) is 5.25 Å². The second-order valence-corrected chi connectivity index (χ2v) is 7.19. The summed E-state index contributed by atoms with van der Waals surface area (Å²) >= 11 is 0. The van der Waals surface area contributed by atoms with Gasteiger partial charge in [-0.3, -0.25) is 4.21 Å². The van der Waals surface area contributed by atoms with Crippen LogP contribution in [0.2, 0.25) is 0 Å². The van der Waals surface area contributed by atoms with E-state index in [0.29, 0.717) is 0 Å². The van der Waals surface area contributed by atoms with E-state index < -0.39 is 10.8 Å². The second kappa shape index (κ2) is 7.91. The molecule has 0 radical (unpaired) electrons. The number of ether oxygens (including phenoxy) is 1. The molecule has 20 heavy (non-hydrogen) atoms. The van der Waals surface area contributed by atoms with Crippen LogP contribution in [0.25, 0.3) is 0 Å². The highest BCUT2D eigenvalue weighted by molar-refractivity contribution is 7.86. The largest absolute Gasteiger partial charge is 0.381 e. The molecule has 1 N–H and O–H groups in total. The molecule has 0 amide bonds. The predicted molar refractivity (Wildman–Crippen MR) is 84.3 cm³/mol. The molecule has 1 saturated heterocycles. The average molecular weight is 295 g/mol. The van der Waals surface area contributed by atoms with Crippen LogP contribution >= 0.6 is 0 Å². The van der Waals surface area contributed by atoms with Gasteiger partial charge in [-0.25, -0.2) is 0 Å². The maximum Gasteiger partial charge on any atom is 0.0543 e. The van der Waals surface area contributed by atoms with E-state index in [1.165, 1.54) is 5.56 Å². The van der Waals surface area contributed by atoms with Gasteiger partial charge in [0.2, 0.25) is 0 Å². The third-order valence-corrected chi connectivity index (χ3v) is 6.37. The smallest absolute Gasteiger partial charge is 0.0543 e. The number of rotatable bonds is 6. The van der Waals surface area contributed by atoms with Crippen LogP contribution in [0.5, 0.6) is 0 Å². The Balaban J connectivity index is 2.14. The first-order valence-corrected chi connectivity index (χ1v) is 8.74. The molecule has 1 aliphatic heterocycles. The number of hydrogen-bond donors (Lipinski definition) is 1. The molecule has 2 rings (SSSR count). The van der Waals surface area contributed by atoms with Crippen molar-refractivity contribution in [3.63, 3.8) is 0 Å². The Kier molecular flexibility index (Phi) is 6.20. The van der Waals surface area contributed by atoms with Gasteiger partial charge in [0.15, 0.2) is 0 Å². The molecule has 0 aliphatic carbocycles. The molecule has 0 spiro atoms. The Labute approximate surface area is 124 Å². The molecule has 4 heteroatoms. The van der Waals surface area contributed by atoms with Crippen LogP contribution in [0.3, 0.4) is 0 Å². The van der Waals surface area contributed by atoms with E-state index in [1.54, 1.807) is 0 Å². The molecule has 3 unspecified atom stereocenters. The molecular weight excluding hydrogens is 270 g/mol. The minimum atomic E-state index is -0.817. The van der Waals surface area contributed by atoms with Gasteiger partial charge in [0, 0.05) is 35.3 Å². The van der Waals surface area contributed by atoms with E-state index >= 15 is 0 Å². The fraction of sp³-hybridized carbons (Fsp3) is 0.625. The van der Waals surface area contributed by atoms with Crippen molar-refractivity contribution in [1.82, 2.24) is 5.32 Å². The highest BCUT2D eigenvalue weighted by Crippen LogP contribution is 2.27. The lowest BCUT2D eigenvalue weighted by Gasteiger charge is -2.31. The van der Waals surface area contributed by atoms with Crippen molar-refractivity contribution in [1.29, 1.82) is 0 Å². The summed E-state index contributed by atoms with van der Waals surface area (Å²) in [7, 11) is 1.14. The molecule has 0 saturated carbocycles. The molecule has 0 aromatic heterocycles. The Morgan fingerprint density at radius 1 is 1.30 bits per heavy atom. The normalized spacial score (nSPS) is 21.3. The van der Waals surface area contributed by atoms with Gasteiger partial charge in [-0.15, -0.1) is 0 Å². The van der Waals surface area contributed by atoms with Crippen LogP contribution in [-0.4, -0.2) is 35.0 Å². The third-order valence-electron chi connectivity index (χ3n) is 4.04. The fourth-order valence-electron chi connectivity index (χ4n) is 2.92. The zero-order valence-corrected chi connectivity index (χ0v) is 13.2. The van der Waals surface area contributed by atoms with Crippen LogP contribution in [0.1, 0.15) is 37.8 Å². The van der Waals surface area contributed by atoms with Crippen LogP contribution in [0, 0.1) is 0 Å². The molecule has 3 nitrogen and oxygen atoms in total. The van der Waals surface area contributed by atoms with Crippen molar-refractivity contribution in [2.24, 2.45) is 0 Å². The molecule has 112 valence electrons. The highest BCUT2D eigenvalue weighted by Gasteiger charge is 2.31. The van der Waals surface area contributed by atoms with E-state index in [4.69, 9.17) is 4.74 Å². The van der Waals surface area contributed by atoms with Crippen LogP contribution in [0.15, 0.2) is 30.3 Å². The van der Waals surface area contributed by atoms with Crippen LogP contribution in [0.4, 0.5) is 0 Å². The maximum atomic E-state index is 12.9. The number of nitrogens with one attached hydrogen (secondary N) is 1. The summed E-state index contributed by atoms with van der Waals surface area (Å²) in [5.41, 5.74) is 1.22. The Hall–Kier alpha value is -0.710. The first-order valence-electron chi connectivity index (χ1n) is 7.47. The summed E-state index contributed by atoms with van der Waals surface area (Å²) in [6, 6.07) is 10.5. The van der Waals surface area contributed by atoms with E-state index in [0.717, 1.165) is 32.5 Å². The Morgan fingerprint density at radius 3 is 2.50 bits per heavy atom. The topological polar surface area (TPSA) is 38.3 Å². The molecule has 3 atom stereocenters. The van der Waals surface area contributed by atoms with Crippen molar-refractivity contribution >= 4 is 10.8 Å². The lowest BCUT2D eigenvalue weighted by atomic mass is 10.0. The summed E-state index contributed by atoms with van der Waals surface area (Å²) < 4.78 is 18.3. The van der Waals surface area contributed by atoms with Crippen LogP contribution in [-0.2, 0) is 15.5 Å². The summed E-state index contributed by atoms with van der Waals surface area (Å²) in [5, 5.41) is 3.81. The van der Waals surface area contributed by atoms with E-state index in [2.05, 4.69) is 24.4 Å². The summed E-state index contributed by atoms with van der Waals surface area (Å²) in [6.45, 7) is 3.64. The van der Waals surface area contributed by atoms with E-state index in [1.807, 2.05) is 25.2 Å². The molecule has 1 fully saturated rings. The monoisotopic (exact) mass is 295 g/mol. The number of hydrogen-bond acceptors (Lipinski definition) is 3. The Morgan fingerprint density at radius 2 is 1.95 bits per heavy atom. The lowest BCUT2D eigenvalue weighted by molar-refractivity contribution is 0.0990. The molecule has 1 aromatic rings. The first-order chi connectivity index (χ1) is 9.77. The van der Waals surface area contributed by atoms with Gasteiger partial charge in [0.25, 0.3) is 0 Å². The zero-order valence-electron chi connectivity index (χ0n) is 12.4.